The SMILES string of the molecule is COCCOCC(=O)Oc1ccc(Cl)cc1C. The number of aryl methyl sites for hydroxylation is 1. The molecule has 0 aliphatic heterocycles. The Morgan fingerprint density at radius 2 is 2.12 bits per heavy atom. The first-order chi connectivity index (χ1) is 8.13. The lowest BCUT2D eigenvalue weighted by Gasteiger charge is -2.07. The number of hydrogen-bond donors (Lipinski definition) is 0. The van der Waals surface area contributed by atoms with Crippen molar-refractivity contribution in [1.29, 1.82) is 0 Å². The Morgan fingerprint density at radius 1 is 1.35 bits per heavy atom. The van der Waals surface area contributed by atoms with Crippen LogP contribution in [0.15, 0.2) is 18.2 Å². The summed E-state index contributed by atoms with van der Waals surface area (Å²) in [7, 11) is 1.57. The molecule has 0 bridgehead atoms. The second-order valence-electron chi connectivity index (χ2n) is 3.43. The summed E-state index contributed by atoms with van der Waals surface area (Å²) in [5.41, 5.74) is 0.808. The first-order valence-electron chi connectivity index (χ1n) is 5.17. The van der Waals surface area contributed by atoms with Crippen molar-refractivity contribution >= 4 is 17.6 Å². The second-order valence-corrected chi connectivity index (χ2v) is 3.87. The minimum absolute atomic E-state index is 0.0918. The zero-order valence-corrected chi connectivity index (χ0v) is 10.6. The molecule has 17 heavy (non-hydrogen) atoms. The summed E-state index contributed by atoms with van der Waals surface area (Å²) >= 11 is 5.79. The van der Waals surface area contributed by atoms with Gasteiger partial charge >= 0.3 is 5.97 Å². The smallest absolute Gasteiger partial charge is 0.337 e. The molecule has 0 spiro atoms. The molecule has 1 aromatic rings. The van der Waals surface area contributed by atoms with Crippen molar-refractivity contribution in [1.82, 2.24) is 0 Å². The molecule has 0 N–H and O–H groups in total. The zero-order chi connectivity index (χ0) is 12.7. The standard InChI is InChI=1S/C12H15ClO4/c1-9-7-10(13)3-4-11(9)17-12(14)8-16-6-5-15-2/h3-4,7H,5-6,8H2,1-2H3. The second kappa shape index (κ2) is 7.27. The highest BCUT2D eigenvalue weighted by atomic mass is 35.5. The third kappa shape index (κ3) is 5.17. The van der Waals surface area contributed by atoms with E-state index in [4.69, 9.17) is 25.8 Å². The fourth-order valence-electron chi connectivity index (χ4n) is 1.18. The highest BCUT2D eigenvalue weighted by molar-refractivity contribution is 6.30. The summed E-state index contributed by atoms with van der Waals surface area (Å²) in [5.74, 6) is 0.0567. The minimum Gasteiger partial charge on any atom is -0.425 e. The molecule has 0 aliphatic carbocycles. The van der Waals surface area contributed by atoms with Crippen LogP contribution >= 0.6 is 11.6 Å². The fraction of sp³-hybridized carbons (Fsp3) is 0.417. The van der Waals surface area contributed by atoms with Gasteiger partial charge in [-0.2, -0.15) is 0 Å². The number of esters is 1. The number of benzene rings is 1. The average Bonchev–Trinajstić information content (AvgIpc) is 2.28. The van der Waals surface area contributed by atoms with Gasteiger partial charge in [-0.05, 0) is 30.7 Å². The number of rotatable bonds is 6. The van der Waals surface area contributed by atoms with E-state index in [-0.39, 0.29) is 6.61 Å². The molecule has 0 heterocycles. The van der Waals surface area contributed by atoms with Crippen LogP contribution < -0.4 is 4.74 Å². The van der Waals surface area contributed by atoms with E-state index in [2.05, 4.69) is 0 Å². The van der Waals surface area contributed by atoms with E-state index in [1.807, 2.05) is 6.92 Å². The van der Waals surface area contributed by atoms with Crippen LogP contribution in [0.25, 0.3) is 0 Å². The van der Waals surface area contributed by atoms with E-state index in [0.29, 0.717) is 24.0 Å². The van der Waals surface area contributed by atoms with Gasteiger partial charge in [-0.1, -0.05) is 11.6 Å². The summed E-state index contributed by atoms with van der Waals surface area (Å²) in [6, 6.07) is 5.06. The van der Waals surface area contributed by atoms with Gasteiger partial charge in [0, 0.05) is 12.1 Å². The van der Waals surface area contributed by atoms with Crippen LogP contribution in [0, 0.1) is 6.92 Å². The average molecular weight is 259 g/mol. The maximum absolute atomic E-state index is 11.4. The Hall–Kier alpha value is -1.10. The molecule has 1 aromatic carbocycles. The molecule has 0 aliphatic rings. The quantitative estimate of drug-likeness (QED) is 0.446. The van der Waals surface area contributed by atoms with Crippen molar-refractivity contribution < 1.29 is 19.0 Å². The lowest BCUT2D eigenvalue weighted by Crippen LogP contribution is -2.17. The van der Waals surface area contributed by atoms with Crippen LogP contribution in [-0.2, 0) is 14.3 Å². The highest BCUT2D eigenvalue weighted by Crippen LogP contribution is 2.21. The molecule has 0 aromatic heterocycles. The molecule has 0 saturated carbocycles. The number of carbonyl (C=O) groups excluding carboxylic acids is 1. The Labute approximate surface area is 105 Å². The maximum Gasteiger partial charge on any atom is 0.337 e. The first-order valence-corrected chi connectivity index (χ1v) is 5.55. The van der Waals surface area contributed by atoms with Crippen molar-refractivity contribution in [3.8, 4) is 5.75 Å². The van der Waals surface area contributed by atoms with Crippen LogP contribution in [-0.4, -0.2) is 32.9 Å². The van der Waals surface area contributed by atoms with Crippen LogP contribution in [0.5, 0.6) is 5.75 Å². The Morgan fingerprint density at radius 3 is 2.76 bits per heavy atom. The van der Waals surface area contributed by atoms with Gasteiger partial charge in [0.1, 0.15) is 12.4 Å². The number of ether oxygens (including phenoxy) is 3. The number of methoxy groups -OCH3 is 1. The van der Waals surface area contributed by atoms with Crippen LogP contribution in [0.2, 0.25) is 5.02 Å². The van der Waals surface area contributed by atoms with Gasteiger partial charge in [0.25, 0.3) is 0 Å². The molecular weight excluding hydrogens is 244 g/mol. The summed E-state index contributed by atoms with van der Waals surface area (Å²) in [4.78, 5) is 11.4. The van der Waals surface area contributed by atoms with Gasteiger partial charge in [-0.3, -0.25) is 0 Å². The Balaban J connectivity index is 2.40. The van der Waals surface area contributed by atoms with Gasteiger partial charge in [0.2, 0.25) is 0 Å². The minimum atomic E-state index is -0.438. The molecule has 5 heteroatoms. The topological polar surface area (TPSA) is 44.8 Å². The van der Waals surface area contributed by atoms with Gasteiger partial charge in [-0.15, -0.1) is 0 Å². The number of halogens is 1. The third-order valence-corrected chi connectivity index (χ3v) is 2.25. The van der Waals surface area contributed by atoms with Crippen LogP contribution in [0.4, 0.5) is 0 Å². The van der Waals surface area contributed by atoms with Gasteiger partial charge in [-0.25, -0.2) is 4.79 Å². The van der Waals surface area contributed by atoms with Crippen LogP contribution in [0.1, 0.15) is 5.56 Å². The van der Waals surface area contributed by atoms with E-state index in [0.717, 1.165) is 5.56 Å². The molecule has 0 unspecified atom stereocenters. The molecule has 0 saturated heterocycles. The fourth-order valence-corrected chi connectivity index (χ4v) is 1.40. The number of carbonyl (C=O) groups is 1. The summed E-state index contributed by atoms with van der Waals surface area (Å²) in [6.07, 6.45) is 0. The molecule has 0 fully saturated rings. The first kappa shape index (κ1) is 14.0. The Kier molecular flexibility index (Phi) is 5.97. The van der Waals surface area contributed by atoms with Gasteiger partial charge < -0.3 is 14.2 Å². The predicted molar refractivity (Wildman–Crippen MR) is 64.5 cm³/mol. The normalized spacial score (nSPS) is 10.3. The monoisotopic (exact) mass is 258 g/mol. The summed E-state index contributed by atoms with van der Waals surface area (Å²) in [5, 5.41) is 0.610. The van der Waals surface area contributed by atoms with Crippen LogP contribution in [0.3, 0.4) is 0 Å². The molecule has 0 amide bonds. The van der Waals surface area contributed by atoms with Crippen molar-refractivity contribution in [3.05, 3.63) is 28.8 Å². The van der Waals surface area contributed by atoms with E-state index < -0.39 is 5.97 Å². The molecule has 4 nitrogen and oxygen atoms in total. The zero-order valence-electron chi connectivity index (χ0n) is 9.86. The van der Waals surface area contributed by atoms with Gasteiger partial charge in [0.15, 0.2) is 0 Å². The molecular formula is C12H15ClO4. The van der Waals surface area contributed by atoms with E-state index >= 15 is 0 Å². The van der Waals surface area contributed by atoms with E-state index in [1.165, 1.54) is 0 Å². The van der Waals surface area contributed by atoms with Crippen molar-refractivity contribution in [2.75, 3.05) is 26.9 Å². The van der Waals surface area contributed by atoms with Crippen molar-refractivity contribution in [2.45, 2.75) is 6.92 Å². The third-order valence-electron chi connectivity index (χ3n) is 2.01. The molecule has 0 atom stereocenters. The van der Waals surface area contributed by atoms with Gasteiger partial charge in [0.05, 0.1) is 13.2 Å². The maximum atomic E-state index is 11.4. The van der Waals surface area contributed by atoms with E-state index in [1.54, 1.807) is 25.3 Å². The van der Waals surface area contributed by atoms with E-state index in [9.17, 15) is 4.79 Å². The lowest BCUT2D eigenvalue weighted by molar-refractivity contribution is -0.139. The number of hydrogen-bond acceptors (Lipinski definition) is 4. The molecule has 94 valence electrons. The summed E-state index contributed by atoms with van der Waals surface area (Å²) in [6.45, 7) is 2.55. The Bertz CT molecular complexity index is 379. The largest absolute Gasteiger partial charge is 0.425 e. The summed E-state index contributed by atoms with van der Waals surface area (Å²) < 4.78 is 14.9. The highest BCUT2D eigenvalue weighted by Gasteiger charge is 2.07. The van der Waals surface area contributed by atoms with Crippen molar-refractivity contribution in [2.24, 2.45) is 0 Å². The predicted octanol–water partition coefficient (Wildman–Crippen LogP) is 2.22. The molecule has 0 radical (unpaired) electrons. The van der Waals surface area contributed by atoms with Crippen molar-refractivity contribution in [3.63, 3.8) is 0 Å². The lowest BCUT2D eigenvalue weighted by atomic mass is 10.2. The molecule has 1 rings (SSSR count).